The van der Waals surface area contributed by atoms with Crippen molar-refractivity contribution in [1.29, 1.82) is 0 Å². The number of benzene rings is 2. The minimum absolute atomic E-state index is 0.225. The molecule has 2 aromatic carbocycles. The number of hydrogen-bond donors (Lipinski definition) is 0. The molecule has 2 amide bonds. The number of thioether (sulfide) groups is 1. The van der Waals surface area contributed by atoms with Gasteiger partial charge in [0.1, 0.15) is 12.4 Å². The average molecular weight is 617 g/mol. The summed E-state index contributed by atoms with van der Waals surface area (Å²) < 4.78 is 7.93. The van der Waals surface area contributed by atoms with E-state index in [0.717, 1.165) is 35.8 Å². The fraction of sp³-hybridized carbons (Fsp3) is 0.143. The zero-order chi connectivity index (χ0) is 20.3. The molecule has 0 aromatic heterocycles. The molecule has 1 aliphatic rings. The molecule has 0 bridgehead atoms. The van der Waals surface area contributed by atoms with E-state index in [-0.39, 0.29) is 17.7 Å². The third-order valence-electron chi connectivity index (χ3n) is 4.01. The van der Waals surface area contributed by atoms with Gasteiger partial charge in [0.05, 0.1) is 12.0 Å². The molecular weight excluding hydrogens is 600 g/mol. The molecule has 1 saturated heterocycles. The number of aryl methyl sites for hydroxylation is 1. The maximum atomic E-state index is 12.4. The molecule has 0 saturated carbocycles. The van der Waals surface area contributed by atoms with Crippen molar-refractivity contribution >= 4 is 74.2 Å². The fourth-order valence-corrected chi connectivity index (χ4v) is 5.55. The number of hydrogen-bond acceptors (Lipinski definition) is 4. The second kappa shape index (κ2) is 9.45. The highest BCUT2D eigenvalue weighted by molar-refractivity contribution is 14.1. The van der Waals surface area contributed by atoms with Crippen LogP contribution in [0.4, 0.5) is 4.79 Å². The highest BCUT2D eigenvalue weighted by atomic mass is 127. The summed E-state index contributed by atoms with van der Waals surface area (Å²) in [5.41, 5.74) is 3.19. The fourth-order valence-electron chi connectivity index (χ4n) is 2.58. The lowest BCUT2D eigenvalue weighted by Gasteiger charge is -2.12. The summed E-state index contributed by atoms with van der Waals surface area (Å²) in [4.78, 5) is 25.9. The van der Waals surface area contributed by atoms with Crippen LogP contribution in [0.15, 0.2) is 54.0 Å². The highest BCUT2D eigenvalue weighted by Crippen LogP contribution is 2.35. The van der Waals surface area contributed by atoms with Crippen molar-refractivity contribution in [3.05, 3.63) is 77.8 Å². The Bertz CT molecular complexity index is 947. The minimum atomic E-state index is -0.278. The summed E-state index contributed by atoms with van der Waals surface area (Å²) in [6.07, 6.45) is 3.30. The van der Waals surface area contributed by atoms with Crippen LogP contribution < -0.4 is 4.74 Å². The molecule has 3 rings (SSSR count). The van der Waals surface area contributed by atoms with Crippen molar-refractivity contribution in [3.8, 4) is 5.75 Å². The molecule has 1 fully saturated rings. The van der Waals surface area contributed by atoms with Gasteiger partial charge >= 0.3 is 0 Å². The van der Waals surface area contributed by atoms with Crippen molar-refractivity contribution in [2.45, 2.75) is 13.5 Å². The zero-order valence-electron chi connectivity index (χ0n) is 15.1. The summed E-state index contributed by atoms with van der Waals surface area (Å²) in [6, 6.07) is 12.2. The van der Waals surface area contributed by atoms with E-state index in [1.165, 1.54) is 10.5 Å². The van der Waals surface area contributed by atoms with Gasteiger partial charge in [0.15, 0.2) is 0 Å². The van der Waals surface area contributed by atoms with Crippen LogP contribution in [0.2, 0.25) is 0 Å². The van der Waals surface area contributed by atoms with Crippen LogP contribution in [-0.4, -0.2) is 22.6 Å². The number of nitrogens with zero attached hydrogens (tertiary/aromatic N) is 1. The largest absolute Gasteiger partial charge is 0.487 e. The van der Waals surface area contributed by atoms with Crippen molar-refractivity contribution in [2.24, 2.45) is 0 Å². The highest BCUT2D eigenvalue weighted by Gasteiger charge is 2.34. The maximum Gasteiger partial charge on any atom is 0.293 e. The summed E-state index contributed by atoms with van der Waals surface area (Å²) in [5, 5.41) is -0.265. The van der Waals surface area contributed by atoms with Crippen LogP contribution >= 0.6 is 56.9 Å². The third-order valence-corrected chi connectivity index (χ3v) is 6.52. The molecular formula is C21H17I2NO3S. The molecule has 0 spiro atoms. The van der Waals surface area contributed by atoms with E-state index in [9.17, 15) is 9.59 Å². The van der Waals surface area contributed by atoms with Gasteiger partial charge in [0.2, 0.25) is 0 Å². The first-order chi connectivity index (χ1) is 13.4. The molecule has 1 aliphatic heterocycles. The first-order valence-electron chi connectivity index (χ1n) is 8.42. The topological polar surface area (TPSA) is 46.6 Å². The molecule has 4 nitrogen and oxygen atoms in total. The predicted octanol–water partition coefficient (Wildman–Crippen LogP) is 6.01. The van der Waals surface area contributed by atoms with Crippen molar-refractivity contribution < 1.29 is 14.3 Å². The Morgan fingerprint density at radius 3 is 2.39 bits per heavy atom. The van der Waals surface area contributed by atoms with Crippen LogP contribution in [-0.2, 0) is 11.4 Å². The van der Waals surface area contributed by atoms with Gasteiger partial charge in [-0.15, -0.1) is 6.58 Å². The zero-order valence-corrected chi connectivity index (χ0v) is 20.2. The smallest absolute Gasteiger partial charge is 0.293 e. The Labute approximate surface area is 195 Å². The van der Waals surface area contributed by atoms with E-state index < -0.39 is 0 Å². The second-order valence-electron chi connectivity index (χ2n) is 6.17. The SMILES string of the molecule is C=CCN1C(=O)S/C(=C/c2cc(I)c(OCc3ccc(C)cc3)c(I)c2)C1=O. The normalized spacial score (nSPS) is 15.4. The summed E-state index contributed by atoms with van der Waals surface area (Å²) >= 11 is 5.42. The van der Waals surface area contributed by atoms with Gasteiger partial charge in [-0.3, -0.25) is 14.5 Å². The van der Waals surface area contributed by atoms with Gasteiger partial charge in [-0.2, -0.15) is 0 Å². The Kier molecular flexibility index (Phi) is 7.21. The van der Waals surface area contributed by atoms with E-state index in [1.54, 1.807) is 12.2 Å². The molecule has 7 heteroatoms. The standard InChI is InChI=1S/C21H17I2NO3S/c1-3-8-24-20(25)18(28-21(24)26)11-15-9-16(22)19(17(23)10-15)27-12-14-6-4-13(2)5-7-14/h3-7,9-11H,1,8,12H2,2H3/b18-11+. The Balaban J connectivity index is 1.78. The lowest BCUT2D eigenvalue weighted by atomic mass is 10.1. The number of ether oxygens (including phenoxy) is 1. The molecule has 0 N–H and O–H groups in total. The van der Waals surface area contributed by atoms with Crippen LogP contribution in [0.3, 0.4) is 0 Å². The van der Waals surface area contributed by atoms with Gasteiger partial charge in [-0.25, -0.2) is 0 Å². The molecule has 0 unspecified atom stereocenters. The van der Waals surface area contributed by atoms with E-state index in [1.807, 2.05) is 12.1 Å². The molecule has 28 heavy (non-hydrogen) atoms. The molecule has 2 aromatic rings. The first kappa shape index (κ1) is 21.4. The first-order valence-corrected chi connectivity index (χ1v) is 11.4. The van der Waals surface area contributed by atoms with E-state index in [2.05, 4.69) is 82.9 Å². The van der Waals surface area contributed by atoms with E-state index in [4.69, 9.17) is 4.74 Å². The number of imide groups is 1. The minimum Gasteiger partial charge on any atom is -0.487 e. The van der Waals surface area contributed by atoms with E-state index in [0.29, 0.717) is 11.5 Å². The summed E-state index contributed by atoms with van der Waals surface area (Å²) in [5.74, 6) is 0.540. The quantitative estimate of drug-likeness (QED) is 0.227. The van der Waals surface area contributed by atoms with Gasteiger partial charge in [-0.05, 0) is 93.2 Å². The molecule has 144 valence electrons. The van der Waals surface area contributed by atoms with Gasteiger partial charge in [0.25, 0.3) is 11.1 Å². The Morgan fingerprint density at radius 2 is 1.79 bits per heavy atom. The van der Waals surface area contributed by atoms with Crippen LogP contribution in [0.1, 0.15) is 16.7 Å². The number of rotatable bonds is 6. The maximum absolute atomic E-state index is 12.4. The number of halogens is 2. The van der Waals surface area contributed by atoms with Gasteiger partial charge < -0.3 is 4.74 Å². The molecule has 0 atom stereocenters. The monoisotopic (exact) mass is 617 g/mol. The molecule has 1 heterocycles. The Hall–Kier alpha value is -1.33. The summed E-state index contributed by atoms with van der Waals surface area (Å²) in [6.45, 7) is 6.36. The molecule has 0 aliphatic carbocycles. The van der Waals surface area contributed by atoms with Crippen molar-refractivity contribution in [2.75, 3.05) is 6.54 Å². The number of carbonyl (C=O) groups is 2. The van der Waals surface area contributed by atoms with Crippen molar-refractivity contribution in [3.63, 3.8) is 0 Å². The summed E-state index contributed by atoms with van der Waals surface area (Å²) in [7, 11) is 0. The van der Waals surface area contributed by atoms with Crippen molar-refractivity contribution in [1.82, 2.24) is 4.90 Å². The van der Waals surface area contributed by atoms with Gasteiger partial charge in [0, 0.05) is 6.54 Å². The third kappa shape index (κ3) is 4.98. The average Bonchev–Trinajstić information content (AvgIpc) is 2.90. The van der Waals surface area contributed by atoms with E-state index >= 15 is 0 Å². The van der Waals surface area contributed by atoms with Crippen LogP contribution in [0.5, 0.6) is 5.75 Å². The Morgan fingerprint density at radius 1 is 1.14 bits per heavy atom. The lowest BCUT2D eigenvalue weighted by Crippen LogP contribution is -2.27. The second-order valence-corrected chi connectivity index (χ2v) is 9.49. The number of carbonyl (C=O) groups excluding carboxylic acids is 2. The number of amides is 2. The van der Waals surface area contributed by atoms with Crippen LogP contribution in [0.25, 0.3) is 6.08 Å². The lowest BCUT2D eigenvalue weighted by molar-refractivity contribution is -0.122. The predicted molar refractivity (Wildman–Crippen MR) is 130 cm³/mol. The molecule has 0 radical (unpaired) electrons. The van der Waals surface area contributed by atoms with Gasteiger partial charge in [-0.1, -0.05) is 35.9 Å². The van der Waals surface area contributed by atoms with Crippen LogP contribution in [0, 0.1) is 14.1 Å².